The van der Waals surface area contributed by atoms with E-state index in [0.717, 1.165) is 37.9 Å². The molecule has 0 radical (unpaired) electrons. The molecule has 1 N–H and O–H groups in total. The number of hydrogen-bond donors (Lipinski definition) is 1. The maximum absolute atomic E-state index is 10.3. The Morgan fingerprint density at radius 1 is 1.00 bits per heavy atom. The summed E-state index contributed by atoms with van der Waals surface area (Å²) in [6.45, 7) is 0.881. The van der Waals surface area contributed by atoms with Crippen LogP contribution < -0.4 is 0 Å². The van der Waals surface area contributed by atoms with Gasteiger partial charge >= 0.3 is 0 Å². The van der Waals surface area contributed by atoms with Gasteiger partial charge < -0.3 is 9.84 Å². The molecule has 2 heteroatoms. The smallest absolute Gasteiger partial charge is 0.0791 e. The Labute approximate surface area is 126 Å². The lowest BCUT2D eigenvalue weighted by Crippen LogP contribution is -2.07. The highest BCUT2D eigenvalue weighted by molar-refractivity contribution is 5.63. The minimum Gasteiger partial charge on any atom is -0.388 e. The van der Waals surface area contributed by atoms with E-state index in [-0.39, 0.29) is 6.10 Å². The molecular weight excluding hydrogens is 260 g/mol. The van der Waals surface area contributed by atoms with E-state index in [1.165, 1.54) is 11.1 Å². The molecular formula is C19H22O2. The first-order valence-corrected chi connectivity index (χ1v) is 7.78. The van der Waals surface area contributed by atoms with E-state index in [2.05, 4.69) is 24.3 Å². The van der Waals surface area contributed by atoms with Gasteiger partial charge in [0.05, 0.1) is 12.2 Å². The molecule has 0 aromatic heterocycles. The molecule has 2 aromatic carbocycles. The van der Waals surface area contributed by atoms with Gasteiger partial charge in [-0.1, -0.05) is 54.6 Å². The maximum Gasteiger partial charge on any atom is 0.0791 e. The summed E-state index contributed by atoms with van der Waals surface area (Å²) >= 11 is 0. The fourth-order valence-electron chi connectivity index (χ4n) is 2.91. The third kappa shape index (κ3) is 3.72. The number of aliphatic hydroxyl groups excluding tert-OH is 1. The first kappa shape index (κ1) is 14.3. The van der Waals surface area contributed by atoms with Crippen LogP contribution in [0.5, 0.6) is 0 Å². The molecule has 2 unspecified atom stereocenters. The van der Waals surface area contributed by atoms with E-state index < -0.39 is 0 Å². The van der Waals surface area contributed by atoms with Crippen molar-refractivity contribution in [3.8, 4) is 11.1 Å². The van der Waals surface area contributed by atoms with Crippen LogP contribution in [0.2, 0.25) is 0 Å². The zero-order valence-electron chi connectivity index (χ0n) is 12.2. The molecule has 1 heterocycles. The summed E-state index contributed by atoms with van der Waals surface area (Å²) in [5.41, 5.74) is 3.39. The van der Waals surface area contributed by atoms with Gasteiger partial charge in [-0.3, -0.25) is 0 Å². The zero-order valence-corrected chi connectivity index (χ0v) is 12.2. The molecule has 1 saturated heterocycles. The average Bonchev–Trinajstić information content (AvgIpc) is 3.07. The molecule has 0 spiro atoms. The van der Waals surface area contributed by atoms with E-state index in [1.54, 1.807) is 0 Å². The van der Waals surface area contributed by atoms with Crippen molar-refractivity contribution < 1.29 is 9.84 Å². The first-order valence-electron chi connectivity index (χ1n) is 7.78. The van der Waals surface area contributed by atoms with Gasteiger partial charge in [0.15, 0.2) is 0 Å². The number of hydrogen-bond acceptors (Lipinski definition) is 2. The Hall–Kier alpha value is -1.64. The summed E-state index contributed by atoms with van der Waals surface area (Å²) in [5, 5.41) is 10.3. The second-order valence-corrected chi connectivity index (χ2v) is 5.72. The molecule has 1 aliphatic heterocycles. The van der Waals surface area contributed by atoms with E-state index >= 15 is 0 Å². The highest BCUT2D eigenvalue weighted by Crippen LogP contribution is 2.26. The second-order valence-electron chi connectivity index (χ2n) is 5.72. The van der Waals surface area contributed by atoms with Crippen LogP contribution in [0.4, 0.5) is 0 Å². The van der Waals surface area contributed by atoms with E-state index in [9.17, 15) is 5.11 Å². The molecule has 3 rings (SSSR count). The maximum atomic E-state index is 10.3. The summed E-state index contributed by atoms with van der Waals surface area (Å²) in [6, 6.07) is 18.5. The van der Waals surface area contributed by atoms with Crippen LogP contribution in [0.3, 0.4) is 0 Å². The Balaban J connectivity index is 1.60. The van der Waals surface area contributed by atoms with Crippen molar-refractivity contribution in [3.63, 3.8) is 0 Å². The molecule has 0 saturated carbocycles. The molecule has 2 nitrogen and oxygen atoms in total. The number of benzene rings is 2. The lowest BCUT2D eigenvalue weighted by Gasteiger charge is -2.14. The third-order valence-electron chi connectivity index (χ3n) is 4.19. The van der Waals surface area contributed by atoms with Crippen molar-refractivity contribution in [2.24, 2.45) is 0 Å². The molecule has 1 fully saturated rings. The van der Waals surface area contributed by atoms with Crippen molar-refractivity contribution in [1.82, 2.24) is 0 Å². The van der Waals surface area contributed by atoms with Crippen LogP contribution in [0.1, 0.15) is 37.4 Å². The van der Waals surface area contributed by atoms with E-state index in [0.29, 0.717) is 6.10 Å². The van der Waals surface area contributed by atoms with E-state index in [4.69, 9.17) is 4.74 Å². The number of aliphatic hydroxyl groups is 1. The predicted molar refractivity (Wildman–Crippen MR) is 85.0 cm³/mol. The zero-order chi connectivity index (χ0) is 14.5. The standard InChI is InChI=1S/C19H22O2/c20-19(13-12-18-7-4-14-21-18)17-10-8-16(9-11-17)15-5-2-1-3-6-15/h1-3,5-6,8-11,18-20H,4,7,12-14H2. The van der Waals surface area contributed by atoms with Crippen LogP contribution in [-0.2, 0) is 4.74 Å². The summed E-state index contributed by atoms with van der Waals surface area (Å²) < 4.78 is 5.61. The minimum atomic E-state index is -0.390. The van der Waals surface area contributed by atoms with Gasteiger partial charge in [0.1, 0.15) is 0 Å². The van der Waals surface area contributed by atoms with Crippen molar-refractivity contribution in [3.05, 3.63) is 60.2 Å². The van der Waals surface area contributed by atoms with Gasteiger partial charge in [0, 0.05) is 6.61 Å². The fourth-order valence-corrected chi connectivity index (χ4v) is 2.91. The Bertz CT molecular complexity index is 542. The topological polar surface area (TPSA) is 29.5 Å². The van der Waals surface area contributed by atoms with Crippen LogP contribution >= 0.6 is 0 Å². The van der Waals surface area contributed by atoms with Gasteiger partial charge in [0.25, 0.3) is 0 Å². The van der Waals surface area contributed by atoms with Crippen molar-refractivity contribution in [1.29, 1.82) is 0 Å². The van der Waals surface area contributed by atoms with Gasteiger partial charge in [-0.15, -0.1) is 0 Å². The van der Waals surface area contributed by atoms with Crippen LogP contribution in [-0.4, -0.2) is 17.8 Å². The quantitative estimate of drug-likeness (QED) is 0.883. The van der Waals surface area contributed by atoms with Crippen LogP contribution in [0.15, 0.2) is 54.6 Å². The predicted octanol–water partition coefficient (Wildman–Crippen LogP) is 4.35. The van der Waals surface area contributed by atoms with Gasteiger partial charge in [0.2, 0.25) is 0 Å². The molecule has 0 aliphatic carbocycles. The molecule has 0 bridgehead atoms. The highest BCUT2D eigenvalue weighted by atomic mass is 16.5. The second kappa shape index (κ2) is 6.88. The monoisotopic (exact) mass is 282 g/mol. The number of ether oxygens (including phenoxy) is 1. The van der Waals surface area contributed by atoms with Crippen molar-refractivity contribution >= 4 is 0 Å². The largest absolute Gasteiger partial charge is 0.388 e. The van der Waals surface area contributed by atoms with Crippen molar-refractivity contribution in [2.45, 2.75) is 37.9 Å². The van der Waals surface area contributed by atoms with Gasteiger partial charge in [-0.25, -0.2) is 0 Å². The SMILES string of the molecule is OC(CCC1CCCO1)c1ccc(-c2ccccc2)cc1. The summed E-state index contributed by atoms with van der Waals surface area (Å²) in [7, 11) is 0. The summed E-state index contributed by atoms with van der Waals surface area (Å²) in [6.07, 6.45) is 3.98. The molecule has 110 valence electrons. The molecule has 2 aromatic rings. The molecule has 0 amide bonds. The molecule has 21 heavy (non-hydrogen) atoms. The van der Waals surface area contributed by atoms with E-state index in [1.807, 2.05) is 30.3 Å². The normalized spacial score (nSPS) is 19.6. The van der Waals surface area contributed by atoms with Gasteiger partial charge in [-0.2, -0.15) is 0 Å². The highest BCUT2D eigenvalue weighted by Gasteiger charge is 2.17. The lowest BCUT2D eigenvalue weighted by atomic mass is 9.98. The summed E-state index contributed by atoms with van der Waals surface area (Å²) in [5.74, 6) is 0. The van der Waals surface area contributed by atoms with Gasteiger partial charge in [-0.05, 0) is 42.4 Å². The number of rotatable bonds is 5. The molecule has 2 atom stereocenters. The third-order valence-corrected chi connectivity index (χ3v) is 4.19. The minimum absolute atomic E-state index is 0.350. The van der Waals surface area contributed by atoms with Crippen LogP contribution in [0.25, 0.3) is 11.1 Å². The molecule has 1 aliphatic rings. The van der Waals surface area contributed by atoms with Crippen molar-refractivity contribution in [2.75, 3.05) is 6.61 Å². The summed E-state index contributed by atoms with van der Waals surface area (Å²) in [4.78, 5) is 0. The Morgan fingerprint density at radius 3 is 2.38 bits per heavy atom. The average molecular weight is 282 g/mol. The first-order chi connectivity index (χ1) is 10.3. The van der Waals surface area contributed by atoms with Crippen LogP contribution in [0, 0.1) is 0 Å². The Kier molecular flexibility index (Phi) is 4.69. The lowest BCUT2D eigenvalue weighted by molar-refractivity contribution is 0.0812. The Morgan fingerprint density at radius 2 is 1.71 bits per heavy atom. The fraction of sp³-hybridized carbons (Fsp3) is 0.368.